The van der Waals surface area contributed by atoms with Crippen LogP contribution in [-0.4, -0.2) is 54.4 Å². The molecule has 2 N–H and O–H groups in total. The second-order valence-electron chi connectivity index (χ2n) is 9.03. The number of hydrogen-bond donors (Lipinski definition) is 1. The van der Waals surface area contributed by atoms with E-state index in [9.17, 15) is 4.79 Å². The highest BCUT2D eigenvalue weighted by molar-refractivity contribution is 7.98. The van der Waals surface area contributed by atoms with Gasteiger partial charge in [-0.25, -0.2) is 4.31 Å². The summed E-state index contributed by atoms with van der Waals surface area (Å²) in [6, 6.07) is 15.8. The number of anilines is 1. The fraction of sp³-hybridized carbons (Fsp3) is 0.500. The maximum atomic E-state index is 9.22. The van der Waals surface area contributed by atoms with Crippen molar-refractivity contribution < 1.29 is 9.53 Å². The molecule has 2 fully saturated rings. The van der Waals surface area contributed by atoms with Gasteiger partial charge in [-0.3, -0.25) is 4.79 Å². The average Bonchev–Trinajstić information content (AvgIpc) is 2.76. The van der Waals surface area contributed by atoms with E-state index in [0.29, 0.717) is 4.75 Å². The summed E-state index contributed by atoms with van der Waals surface area (Å²) < 4.78 is 8.47. The van der Waals surface area contributed by atoms with E-state index in [0.717, 1.165) is 52.2 Å². The molecule has 0 spiro atoms. The van der Waals surface area contributed by atoms with E-state index in [1.165, 1.54) is 34.9 Å². The second kappa shape index (κ2) is 11.2. The molecule has 2 aromatic rings. The van der Waals surface area contributed by atoms with Crippen molar-refractivity contribution in [3.05, 3.63) is 53.6 Å². The van der Waals surface area contributed by atoms with E-state index in [1.807, 2.05) is 0 Å². The van der Waals surface area contributed by atoms with Gasteiger partial charge in [0.15, 0.2) is 0 Å². The predicted molar refractivity (Wildman–Crippen MR) is 136 cm³/mol. The van der Waals surface area contributed by atoms with Gasteiger partial charge in [-0.1, -0.05) is 42.3 Å². The van der Waals surface area contributed by atoms with Crippen molar-refractivity contribution in [2.75, 3.05) is 44.3 Å². The van der Waals surface area contributed by atoms with Crippen molar-refractivity contribution >= 4 is 23.5 Å². The minimum Gasteiger partial charge on any atom is -0.381 e. The SMILES string of the molecule is CC(N)=O.Cc1ccc(-c2ccc(N3CCN(SC4(C)CCOCC4)CC3)cc2)cc1C. The van der Waals surface area contributed by atoms with Crippen molar-refractivity contribution in [3.8, 4) is 11.1 Å². The number of carbonyl (C=O) groups excluding carboxylic acids is 1. The fourth-order valence-electron chi connectivity index (χ4n) is 4.03. The van der Waals surface area contributed by atoms with Crippen LogP contribution in [0.25, 0.3) is 11.1 Å². The molecule has 2 aliphatic rings. The number of amides is 1. The highest BCUT2D eigenvalue weighted by Crippen LogP contribution is 2.38. The molecule has 0 bridgehead atoms. The number of hydrogen-bond acceptors (Lipinski definition) is 5. The Morgan fingerprint density at radius 2 is 1.50 bits per heavy atom. The summed E-state index contributed by atoms with van der Waals surface area (Å²) in [5, 5.41) is 0. The number of nitrogens with zero attached hydrogens (tertiary/aromatic N) is 2. The van der Waals surface area contributed by atoms with Crippen molar-refractivity contribution in [2.24, 2.45) is 5.73 Å². The molecule has 0 saturated carbocycles. The van der Waals surface area contributed by atoms with Gasteiger partial charge < -0.3 is 15.4 Å². The Morgan fingerprint density at radius 1 is 0.938 bits per heavy atom. The molecule has 4 rings (SSSR count). The van der Waals surface area contributed by atoms with Gasteiger partial charge in [0.2, 0.25) is 5.91 Å². The zero-order valence-corrected chi connectivity index (χ0v) is 20.7. The first-order valence-corrected chi connectivity index (χ1v) is 12.2. The number of piperazine rings is 1. The van der Waals surface area contributed by atoms with E-state index in [-0.39, 0.29) is 5.91 Å². The maximum Gasteiger partial charge on any atom is 0.214 e. The van der Waals surface area contributed by atoms with Gasteiger partial charge in [0, 0.05) is 56.8 Å². The lowest BCUT2D eigenvalue weighted by Gasteiger charge is -2.41. The Bertz CT molecular complexity index is 882. The molecule has 2 aromatic carbocycles. The highest BCUT2D eigenvalue weighted by Gasteiger charge is 2.32. The van der Waals surface area contributed by atoms with Crippen molar-refractivity contribution in [1.82, 2.24) is 4.31 Å². The van der Waals surface area contributed by atoms with Gasteiger partial charge in [-0.15, -0.1) is 0 Å². The number of carbonyl (C=O) groups is 1. The van der Waals surface area contributed by atoms with Crippen molar-refractivity contribution in [1.29, 1.82) is 0 Å². The van der Waals surface area contributed by atoms with Gasteiger partial charge in [-0.05, 0) is 68.0 Å². The van der Waals surface area contributed by atoms with Gasteiger partial charge in [0.05, 0.1) is 0 Å². The molecule has 0 aromatic heterocycles. The van der Waals surface area contributed by atoms with Crippen LogP contribution >= 0.6 is 11.9 Å². The number of aryl methyl sites for hydroxylation is 2. The molecule has 0 unspecified atom stereocenters. The topological polar surface area (TPSA) is 58.8 Å². The van der Waals surface area contributed by atoms with E-state index >= 15 is 0 Å². The number of nitrogens with two attached hydrogens (primary N) is 1. The predicted octanol–water partition coefficient (Wildman–Crippen LogP) is 4.80. The molecule has 0 atom stereocenters. The molecule has 5 nitrogen and oxygen atoms in total. The smallest absolute Gasteiger partial charge is 0.214 e. The van der Waals surface area contributed by atoms with Gasteiger partial charge in [-0.2, -0.15) is 0 Å². The maximum absolute atomic E-state index is 9.22. The third kappa shape index (κ3) is 6.99. The molecule has 0 radical (unpaired) electrons. The van der Waals surface area contributed by atoms with Crippen LogP contribution in [0, 0.1) is 13.8 Å². The third-order valence-electron chi connectivity index (χ3n) is 6.21. The summed E-state index contributed by atoms with van der Waals surface area (Å²) in [5.41, 5.74) is 11.1. The van der Waals surface area contributed by atoms with Gasteiger partial charge in [0.1, 0.15) is 0 Å². The number of rotatable bonds is 4. The molecule has 32 heavy (non-hydrogen) atoms. The number of benzene rings is 2. The second-order valence-corrected chi connectivity index (χ2v) is 10.7. The van der Waals surface area contributed by atoms with Crippen LogP contribution in [0.3, 0.4) is 0 Å². The monoisotopic (exact) mass is 455 g/mol. The van der Waals surface area contributed by atoms with Crippen LogP contribution in [0.2, 0.25) is 0 Å². The van der Waals surface area contributed by atoms with E-state index < -0.39 is 0 Å². The Labute approximate surface area is 197 Å². The third-order valence-corrected chi connectivity index (χ3v) is 7.68. The summed E-state index contributed by atoms with van der Waals surface area (Å²) in [6.45, 7) is 14.3. The molecule has 2 heterocycles. The summed E-state index contributed by atoms with van der Waals surface area (Å²) in [5.74, 6) is -0.333. The molecule has 1 amide bonds. The lowest BCUT2D eigenvalue weighted by molar-refractivity contribution is -0.115. The van der Waals surface area contributed by atoms with Crippen LogP contribution in [-0.2, 0) is 9.53 Å². The lowest BCUT2D eigenvalue weighted by Crippen LogP contribution is -2.46. The van der Waals surface area contributed by atoms with Gasteiger partial charge >= 0.3 is 0 Å². The number of primary amides is 1. The highest BCUT2D eigenvalue weighted by atomic mass is 32.2. The molecular weight excluding hydrogens is 418 g/mol. The normalized spacial score (nSPS) is 18.6. The minimum absolute atomic E-state index is 0.333. The molecule has 0 aliphatic carbocycles. The fourth-order valence-corrected chi connectivity index (χ4v) is 5.35. The Morgan fingerprint density at radius 3 is 2.06 bits per heavy atom. The Hall–Kier alpha value is -2.02. The van der Waals surface area contributed by atoms with E-state index in [4.69, 9.17) is 4.74 Å². The number of ether oxygens (including phenoxy) is 1. The van der Waals surface area contributed by atoms with Gasteiger partial charge in [0.25, 0.3) is 0 Å². The minimum atomic E-state index is -0.333. The van der Waals surface area contributed by atoms with Crippen LogP contribution in [0.15, 0.2) is 42.5 Å². The largest absolute Gasteiger partial charge is 0.381 e. The van der Waals surface area contributed by atoms with Crippen LogP contribution in [0.4, 0.5) is 5.69 Å². The summed E-state index contributed by atoms with van der Waals surface area (Å²) >= 11 is 2.07. The quantitative estimate of drug-likeness (QED) is 0.671. The molecule has 2 saturated heterocycles. The zero-order valence-electron chi connectivity index (χ0n) is 19.9. The van der Waals surface area contributed by atoms with E-state index in [1.54, 1.807) is 0 Å². The standard InChI is InChI=1S/C24H32N2OS.C2H5NO/c1-19-4-5-22(18-20(19)2)21-6-8-23(9-7-21)25-12-14-26(15-13-25)28-24(3)10-16-27-17-11-24;1-2(3)4/h4-9,18H,10-17H2,1-3H3;1H3,(H2,3,4). The Kier molecular flexibility index (Phi) is 8.63. The summed E-state index contributed by atoms with van der Waals surface area (Å²) in [7, 11) is 0. The van der Waals surface area contributed by atoms with Crippen LogP contribution in [0.1, 0.15) is 37.8 Å². The van der Waals surface area contributed by atoms with E-state index in [2.05, 4.69) is 90.1 Å². The van der Waals surface area contributed by atoms with Crippen LogP contribution < -0.4 is 10.6 Å². The summed E-state index contributed by atoms with van der Waals surface area (Å²) in [4.78, 5) is 11.7. The first-order chi connectivity index (χ1) is 15.3. The molecule has 6 heteroatoms. The molecular formula is C26H37N3O2S. The lowest BCUT2D eigenvalue weighted by atomic mass is 10.0. The van der Waals surface area contributed by atoms with Crippen molar-refractivity contribution in [3.63, 3.8) is 0 Å². The first-order valence-electron chi connectivity index (χ1n) is 11.5. The molecule has 174 valence electrons. The average molecular weight is 456 g/mol. The zero-order chi connectivity index (χ0) is 23.1. The van der Waals surface area contributed by atoms with Crippen molar-refractivity contribution in [2.45, 2.75) is 45.3 Å². The Balaban J connectivity index is 0.000000668. The summed E-state index contributed by atoms with van der Waals surface area (Å²) in [6.07, 6.45) is 2.33. The molecule has 2 aliphatic heterocycles. The van der Waals surface area contributed by atoms with Crippen LogP contribution in [0.5, 0.6) is 0 Å². The first kappa shape index (κ1) is 24.6.